The topological polar surface area (TPSA) is 75.9 Å². The molecule has 0 aliphatic rings. The van der Waals surface area contributed by atoms with Gasteiger partial charge in [-0.05, 0) is 49.2 Å². The number of hydrogen-bond acceptors (Lipinski definition) is 5. The Hall–Kier alpha value is -2.73. The number of nitrogens with one attached hydrogen (secondary N) is 1. The van der Waals surface area contributed by atoms with E-state index in [2.05, 4.69) is 25.2 Å². The molecule has 6 nitrogen and oxygen atoms in total. The van der Waals surface area contributed by atoms with Crippen molar-refractivity contribution in [1.29, 1.82) is 0 Å². The van der Waals surface area contributed by atoms with E-state index in [0.717, 1.165) is 28.2 Å². The molecule has 2 rings (SSSR count). The van der Waals surface area contributed by atoms with Crippen LogP contribution < -0.4 is 5.32 Å². The molecule has 2 aromatic rings. The van der Waals surface area contributed by atoms with E-state index in [-0.39, 0.29) is 6.54 Å². The zero-order valence-corrected chi connectivity index (χ0v) is 15.0. The van der Waals surface area contributed by atoms with E-state index >= 15 is 0 Å². The smallest absolute Gasteiger partial charge is 0.407 e. The Morgan fingerprint density at radius 3 is 2.88 bits per heavy atom. The highest BCUT2D eigenvalue weighted by Gasteiger charge is 2.06. The molecule has 1 heterocycles. The second-order valence-electron chi connectivity index (χ2n) is 5.29. The maximum atomic E-state index is 11.2. The first-order valence-electron chi connectivity index (χ1n) is 7.61. The van der Waals surface area contributed by atoms with Crippen LogP contribution in [-0.4, -0.2) is 30.1 Å². The highest BCUT2D eigenvalue weighted by Crippen LogP contribution is 2.18. The van der Waals surface area contributed by atoms with Crippen molar-refractivity contribution in [2.45, 2.75) is 20.4 Å². The molecule has 1 N–H and O–H groups in total. The van der Waals surface area contributed by atoms with Gasteiger partial charge in [-0.1, -0.05) is 23.7 Å². The van der Waals surface area contributed by atoms with Gasteiger partial charge in [0.15, 0.2) is 0 Å². The second-order valence-corrected chi connectivity index (χ2v) is 5.69. The highest BCUT2D eigenvalue weighted by molar-refractivity contribution is 6.31. The minimum absolute atomic E-state index is 0.267. The third-order valence-corrected chi connectivity index (χ3v) is 3.75. The van der Waals surface area contributed by atoms with Gasteiger partial charge in [-0.15, -0.1) is 0 Å². The molecule has 0 radical (unpaired) electrons. The van der Waals surface area contributed by atoms with Gasteiger partial charge in [0.25, 0.3) is 0 Å². The van der Waals surface area contributed by atoms with E-state index in [0.29, 0.717) is 5.02 Å². The molecule has 130 valence electrons. The van der Waals surface area contributed by atoms with Gasteiger partial charge >= 0.3 is 6.09 Å². The Morgan fingerprint density at radius 1 is 1.36 bits per heavy atom. The molecule has 0 unspecified atom stereocenters. The summed E-state index contributed by atoms with van der Waals surface area (Å²) in [5.41, 5.74) is 4.02. The van der Waals surface area contributed by atoms with Gasteiger partial charge < -0.3 is 10.1 Å². The first-order chi connectivity index (χ1) is 12.0. The number of methoxy groups -OCH3 is 1. The normalized spacial score (nSPS) is 11.6. The lowest BCUT2D eigenvalue weighted by Crippen LogP contribution is -2.22. The molecule has 7 heteroatoms. The van der Waals surface area contributed by atoms with Crippen LogP contribution in [0.5, 0.6) is 0 Å². The quantitative estimate of drug-likeness (QED) is 0.653. The van der Waals surface area contributed by atoms with Crippen molar-refractivity contribution >= 4 is 29.6 Å². The summed E-state index contributed by atoms with van der Waals surface area (Å²) >= 11 is 6.16. The maximum Gasteiger partial charge on any atom is 0.407 e. The molecule has 25 heavy (non-hydrogen) atoms. The van der Waals surface area contributed by atoms with Crippen LogP contribution in [0.15, 0.2) is 46.6 Å². The lowest BCUT2D eigenvalue weighted by molar-refractivity contribution is 0.170. The van der Waals surface area contributed by atoms with Crippen molar-refractivity contribution in [3.8, 4) is 0 Å². The molecule has 1 aromatic heterocycles. The number of benzene rings is 1. The van der Waals surface area contributed by atoms with E-state index in [4.69, 9.17) is 11.6 Å². The molecule has 1 aromatic carbocycles. The number of ether oxygens (including phenoxy) is 1. The summed E-state index contributed by atoms with van der Waals surface area (Å²) in [6.45, 7) is 4.04. The Morgan fingerprint density at radius 2 is 2.16 bits per heavy atom. The Balaban J connectivity index is 2.12. The monoisotopic (exact) mass is 358 g/mol. The SMILES string of the molecule is COC(=O)NCc1cc(/C(C)=N/N=C/c2cccc(C)n2)ccc1Cl. The minimum Gasteiger partial charge on any atom is -0.453 e. The third kappa shape index (κ3) is 5.69. The largest absolute Gasteiger partial charge is 0.453 e. The lowest BCUT2D eigenvalue weighted by atomic mass is 10.1. The molecule has 0 atom stereocenters. The van der Waals surface area contributed by atoms with Crippen molar-refractivity contribution in [3.63, 3.8) is 0 Å². The van der Waals surface area contributed by atoms with Crippen molar-refractivity contribution in [2.75, 3.05) is 7.11 Å². The zero-order valence-electron chi connectivity index (χ0n) is 14.3. The number of hydrogen-bond donors (Lipinski definition) is 1. The number of aryl methyl sites for hydroxylation is 1. The fraction of sp³-hybridized carbons (Fsp3) is 0.222. The number of carbonyl (C=O) groups is 1. The molecular formula is C18H19ClN4O2. The van der Waals surface area contributed by atoms with E-state index in [1.807, 2.05) is 44.2 Å². The number of carbonyl (C=O) groups excluding carboxylic acids is 1. The highest BCUT2D eigenvalue weighted by atomic mass is 35.5. The molecule has 0 aliphatic heterocycles. The number of pyridine rings is 1. The van der Waals surface area contributed by atoms with Crippen LogP contribution >= 0.6 is 11.6 Å². The van der Waals surface area contributed by atoms with Crippen LogP contribution in [0.2, 0.25) is 5.02 Å². The van der Waals surface area contributed by atoms with Gasteiger partial charge in [0.1, 0.15) is 0 Å². The summed E-state index contributed by atoms with van der Waals surface area (Å²) < 4.78 is 4.55. The fourth-order valence-electron chi connectivity index (χ4n) is 2.04. The number of halogens is 1. The number of alkyl carbamates (subject to hydrolysis) is 1. The summed E-state index contributed by atoms with van der Waals surface area (Å²) in [5.74, 6) is 0. The Labute approximate surface area is 151 Å². The first kappa shape index (κ1) is 18.6. The van der Waals surface area contributed by atoms with Gasteiger partial charge in [0.05, 0.1) is 24.7 Å². The summed E-state index contributed by atoms with van der Waals surface area (Å²) in [5, 5.41) is 11.4. The Kier molecular flexibility index (Phi) is 6.65. The van der Waals surface area contributed by atoms with E-state index in [1.165, 1.54) is 7.11 Å². The predicted molar refractivity (Wildman–Crippen MR) is 99.5 cm³/mol. The number of rotatable bonds is 5. The molecular weight excluding hydrogens is 340 g/mol. The van der Waals surface area contributed by atoms with Crippen LogP contribution in [0.3, 0.4) is 0 Å². The molecule has 0 saturated heterocycles. The maximum absolute atomic E-state index is 11.2. The van der Waals surface area contributed by atoms with Crippen LogP contribution in [0.25, 0.3) is 0 Å². The Bertz CT molecular complexity index is 818. The molecule has 0 aliphatic carbocycles. The van der Waals surface area contributed by atoms with Crippen LogP contribution in [-0.2, 0) is 11.3 Å². The van der Waals surface area contributed by atoms with Crippen molar-refractivity contribution < 1.29 is 9.53 Å². The molecule has 0 saturated carbocycles. The number of amides is 1. The van der Waals surface area contributed by atoms with E-state index < -0.39 is 6.09 Å². The van der Waals surface area contributed by atoms with Crippen LogP contribution in [0, 0.1) is 6.92 Å². The van der Waals surface area contributed by atoms with E-state index in [9.17, 15) is 4.79 Å². The van der Waals surface area contributed by atoms with Gasteiger partial charge in [0.2, 0.25) is 0 Å². The number of nitrogens with zero attached hydrogens (tertiary/aromatic N) is 3. The summed E-state index contributed by atoms with van der Waals surface area (Å²) in [6, 6.07) is 11.2. The molecule has 0 bridgehead atoms. The lowest BCUT2D eigenvalue weighted by Gasteiger charge is -2.08. The fourth-order valence-corrected chi connectivity index (χ4v) is 2.23. The zero-order chi connectivity index (χ0) is 18.2. The third-order valence-electron chi connectivity index (χ3n) is 3.38. The first-order valence-corrected chi connectivity index (χ1v) is 7.99. The predicted octanol–water partition coefficient (Wildman–Crippen LogP) is 3.74. The van der Waals surface area contributed by atoms with Crippen LogP contribution in [0.4, 0.5) is 4.79 Å². The van der Waals surface area contributed by atoms with Gasteiger partial charge in [-0.25, -0.2) is 4.79 Å². The van der Waals surface area contributed by atoms with Crippen molar-refractivity contribution in [2.24, 2.45) is 10.2 Å². The van der Waals surface area contributed by atoms with Gasteiger partial charge in [-0.3, -0.25) is 4.98 Å². The molecule has 0 fully saturated rings. The van der Waals surface area contributed by atoms with Gasteiger partial charge in [0, 0.05) is 17.3 Å². The van der Waals surface area contributed by atoms with Crippen LogP contribution in [0.1, 0.15) is 29.4 Å². The summed E-state index contributed by atoms with van der Waals surface area (Å²) in [4.78, 5) is 15.5. The molecule has 0 spiro atoms. The summed E-state index contributed by atoms with van der Waals surface area (Å²) in [7, 11) is 1.31. The minimum atomic E-state index is -0.512. The van der Waals surface area contributed by atoms with Crippen molar-refractivity contribution in [1.82, 2.24) is 10.3 Å². The number of aromatic nitrogens is 1. The second kappa shape index (κ2) is 8.94. The summed E-state index contributed by atoms with van der Waals surface area (Å²) in [6.07, 6.45) is 1.09. The average Bonchev–Trinajstić information content (AvgIpc) is 2.60. The standard InChI is InChI=1S/C18H19ClN4O2/c1-12-5-4-6-16(22-12)11-21-23-13(2)14-7-8-17(19)15(9-14)10-20-18(24)25-3/h4-9,11H,10H2,1-3H3,(H,20,24)/b21-11+,23-13+. The van der Waals surface area contributed by atoms with Crippen molar-refractivity contribution in [3.05, 3.63) is 63.9 Å². The van der Waals surface area contributed by atoms with Gasteiger partial charge in [-0.2, -0.15) is 10.2 Å². The average molecular weight is 359 g/mol. The van der Waals surface area contributed by atoms with E-state index in [1.54, 1.807) is 12.3 Å². The molecule has 1 amide bonds.